The lowest BCUT2D eigenvalue weighted by atomic mass is 10.1. The molecular formula is C19H24F3N3O4S. The van der Waals surface area contributed by atoms with Crippen LogP contribution in [0.3, 0.4) is 0 Å². The molecule has 0 spiro atoms. The number of benzene rings is 1. The Morgan fingerprint density at radius 2 is 1.93 bits per heavy atom. The smallest absolute Gasteiger partial charge is 0.435 e. The molecule has 7 nitrogen and oxygen atoms in total. The third-order valence-electron chi connectivity index (χ3n) is 4.81. The van der Waals surface area contributed by atoms with Crippen LogP contribution in [0.5, 0.6) is 5.75 Å². The lowest BCUT2D eigenvalue weighted by Crippen LogP contribution is -2.28. The second kappa shape index (κ2) is 8.56. The van der Waals surface area contributed by atoms with Crippen molar-refractivity contribution in [2.75, 3.05) is 19.8 Å². The van der Waals surface area contributed by atoms with Gasteiger partial charge in [-0.05, 0) is 44.0 Å². The first-order valence-corrected chi connectivity index (χ1v) is 11.0. The normalized spacial score (nSPS) is 14.6. The van der Waals surface area contributed by atoms with Crippen LogP contribution in [0.25, 0.3) is 0 Å². The van der Waals surface area contributed by atoms with E-state index in [1.807, 2.05) is 6.92 Å². The lowest BCUT2D eigenvalue weighted by Gasteiger charge is -2.16. The number of nitrogens with one attached hydrogen (secondary N) is 1. The largest absolute Gasteiger partial charge is 0.493 e. The molecular weight excluding hydrogens is 423 g/mol. The van der Waals surface area contributed by atoms with Gasteiger partial charge < -0.3 is 9.47 Å². The van der Waals surface area contributed by atoms with Gasteiger partial charge in [0.25, 0.3) is 0 Å². The molecule has 30 heavy (non-hydrogen) atoms. The highest BCUT2D eigenvalue weighted by molar-refractivity contribution is 7.89. The highest BCUT2D eigenvalue weighted by atomic mass is 32.2. The molecule has 0 saturated carbocycles. The number of alkyl halides is 3. The number of rotatable bonds is 7. The number of halogens is 3. The first kappa shape index (κ1) is 22.6. The monoisotopic (exact) mass is 447 g/mol. The van der Waals surface area contributed by atoms with E-state index >= 15 is 0 Å². The Balaban J connectivity index is 1.76. The zero-order valence-corrected chi connectivity index (χ0v) is 17.8. The molecule has 2 heterocycles. The molecule has 0 fully saturated rings. The summed E-state index contributed by atoms with van der Waals surface area (Å²) < 4.78 is 79.4. The van der Waals surface area contributed by atoms with Crippen molar-refractivity contribution in [1.29, 1.82) is 0 Å². The van der Waals surface area contributed by atoms with Crippen LogP contribution in [-0.4, -0.2) is 38.0 Å². The van der Waals surface area contributed by atoms with Gasteiger partial charge in [0.1, 0.15) is 5.75 Å². The minimum atomic E-state index is -4.59. The fraction of sp³-hybridized carbons (Fsp3) is 0.526. The number of aryl methyl sites for hydroxylation is 2. The molecule has 0 bridgehead atoms. The van der Waals surface area contributed by atoms with Gasteiger partial charge in [-0.3, -0.25) is 4.68 Å². The second-order valence-electron chi connectivity index (χ2n) is 7.01. The average Bonchev–Trinajstić information content (AvgIpc) is 3.04. The number of fused-ring (bicyclic) bond motifs is 1. The molecule has 11 heteroatoms. The third-order valence-corrected chi connectivity index (χ3v) is 6.25. The lowest BCUT2D eigenvalue weighted by molar-refractivity contribution is -0.142. The number of aromatic nitrogens is 2. The molecule has 0 saturated heterocycles. The van der Waals surface area contributed by atoms with Crippen LogP contribution in [0, 0.1) is 13.8 Å². The Labute approximate surface area is 173 Å². The fourth-order valence-corrected chi connectivity index (χ4v) is 4.72. The quantitative estimate of drug-likeness (QED) is 0.706. The van der Waals surface area contributed by atoms with Crippen molar-refractivity contribution in [3.63, 3.8) is 0 Å². The Hall–Kier alpha value is -2.11. The summed E-state index contributed by atoms with van der Waals surface area (Å²) in [7, 11) is -3.84. The standard InChI is InChI=1S/C19H24F3N3O4S/c1-4-29-17-12(2)9-14(10-13(17)3)30(26,27)23-6-7-25-16-5-8-28-11-15(16)18(24-25)19(20,21)22/h9-10,23H,4-8,11H2,1-3H3. The van der Waals surface area contributed by atoms with Crippen molar-refractivity contribution in [1.82, 2.24) is 14.5 Å². The van der Waals surface area contributed by atoms with Gasteiger partial charge in [0, 0.05) is 24.2 Å². The molecule has 1 aliphatic heterocycles. The van der Waals surface area contributed by atoms with E-state index in [4.69, 9.17) is 9.47 Å². The molecule has 1 aromatic carbocycles. The van der Waals surface area contributed by atoms with Crippen LogP contribution in [0.2, 0.25) is 0 Å². The number of hydrogen-bond donors (Lipinski definition) is 1. The van der Waals surface area contributed by atoms with Gasteiger partial charge in [0.05, 0.1) is 31.3 Å². The van der Waals surface area contributed by atoms with Crippen LogP contribution in [0.1, 0.15) is 35.0 Å². The van der Waals surface area contributed by atoms with Crippen molar-refractivity contribution >= 4 is 10.0 Å². The first-order valence-electron chi connectivity index (χ1n) is 9.51. The van der Waals surface area contributed by atoms with Gasteiger partial charge in [-0.25, -0.2) is 13.1 Å². The Morgan fingerprint density at radius 3 is 2.53 bits per heavy atom. The molecule has 3 rings (SSSR count). The maximum Gasteiger partial charge on any atom is 0.435 e. The highest BCUT2D eigenvalue weighted by Gasteiger charge is 2.39. The molecule has 0 atom stereocenters. The summed E-state index contributed by atoms with van der Waals surface area (Å²) in [6.45, 7) is 5.85. The molecule has 1 aliphatic rings. The summed E-state index contributed by atoms with van der Waals surface area (Å²) in [5.74, 6) is 0.640. The number of hydrogen-bond acceptors (Lipinski definition) is 5. The number of ether oxygens (including phenoxy) is 2. The van der Waals surface area contributed by atoms with E-state index in [-0.39, 0.29) is 30.2 Å². The molecule has 0 aliphatic carbocycles. The Morgan fingerprint density at radius 1 is 1.27 bits per heavy atom. The van der Waals surface area contributed by atoms with Gasteiger partial charge in [0.15, 0.2) is 5.69 Å². The van der Waals surface area contributed by atoms with Gasteiger partial charge >= 0.3 is 6.18 Å². The maximum atomic E-state index is 13.2. The predicted molar refractivity (Wildman–Crippen MR) is 103 cm³/mol. The van der Waals surface area contributed by atoms with Crippen molar-refractivity contribution < 1.29 is 31.1 Å². The first-order chi connectivity index (χ1) is 14.0. The summed E-state index contributed by atoms with van der Waals surface area (Å²) >= 11 is 0. The van der Waals surface area contributed by atoms with E-state index in [2.05, 4.69) is 9.82 Å². The minimum absolute atomic E-state index is 0.0212. The van der Waals surface area contributed by atoms with Crippen LogP contribution in [-0.2, 0) is 40.5 Å². The second-order valence-corrected chi connectivity index (χ2v) is 8.78. The van der Waals surface area contributed by atoms with E-state index in [9.17, 15) is 21.6 Å². The van der Waals surface area contributed by atoms with Crippen LogP contribution < -0.4 is 9.46 Å². The molecule has 1 N–H and O–H groups in total. The highest BCUT2D eigenvalue weighted by Crippen LogP contribution is 2.34. The molecule has 0 radical (unpaired) electrons. The maximum absolute atomic E-state index is 13.2. The van der Waals surface area contributed by atoms with E-state index in [0.29, 0.717) is 42.2 Å². The molecule has 0 amide bonds. The minimum Gasteiger partial charge on any atom is -0.493 e. The van der Waals surface area contributed by atoms with Crippen LogP contribution in [0.15, 0.2) is 17.0 Å². The van der Waals surface area contributed by atoms with E-state index < -0.39 is 21.9 Å². The predicted octanol–water partition coefficient (Wildman–Crippen LogP) is 2.97. The van der Waals surface area contributed by atoms with Crippen molar-refractivity contribution in [3.8, 4) is 5.75 Å². The van der Waals surface area contributed by atoms with Crippen LogP contribution in [0.4, 0.5) is 13.2 Å². The summed E-state index contributed by atoms with van der Waals surface area (Å²) in [4.78, 5) is 0.0767. The summed E-state index contributed by atoms with van der Waals surface area (Å²) in [5.41, 5.74) is 0.856. The molecule has 2 aromatic rings. The zero-order chi connectivity index (χ0) is 22.1. The molecule has 166 valence electrons. The summed E-state index contributed by atoms with van der Waals surface area (Å²) in [6, 6.07) is 3.02. The Kier molecular flexibility index (Phi) is 6.44. The summed E-state index contributed by atoms with van der Waals surface area (Å²) in [6.07, 6.45) is -4.30. The molecule has 0 unspecified atom stereocenters. The fourth-order valence-electron chi connectivity index (χ4n) is 3.53. The summed E-state index contributed by atoms with van der Waals surface area (Å²) in [5, 5.41) is 3.68. The van der Waals surface area contributed by atoms with Gasteiger partial charge in [-0.1, -0.05) is 0 Å². The van der Waals surface area contributed by atoms with E-state index in [0.717, 1.165) is 0 Å². The van der Waals surface area contributed by atoms with Crippen molar-refractivity contribution in [2.24, 2.45) is 0 Å². The van der Waals surface area contributed by atoms with Crippen molar-refractivity contribution in [3.05, 3.63) is 40.2 Å². The van der Waals surface area contributed by atoms with Crippen LogP contribution >= 0.6 is 0 Å². The number of sulfonamides is 1. The van der Waals surface area contributed by atoms with E-state index in [1.165, 1.54) is 16.8 Å². The number of nitrogens with zero attached hydrogens (tertiary/aromatic N) is 2. The zero-order valence-electron chi connectivity index (χ0n) is 17.0. The Bertz CT molecular complexity index is 1010. The van der Waals surface area contributed by atoms with Gasteiger partial charge in [0.2, 0.25) is 10.0 Å². The van der Waals surface area contributed by atoms with Gasteiger partial charge in [-0.15, -0.1) is 0 Å². The molecule has 1 aromatic heterocycles. The third kappa shape index (κ3) is 4.62. The van der Waals surface area contributed by atoms with Crippen molar-refractivity contribution in [2.45, 2.75) is 51.4 Å². The SMILES string of the molecule is CCOc1c(C)cc(S(=O)(=O)NCCn2nc(C(F)(F)F)c3c2CCOC3)cc1C. The topological polar surface area (TPSA) is 82.5 Å². The van der Waals surface area contributed by atoms with Gasteiger partial charge in [-0.2, -0.15) is 18.3 Å². The average molecular weight is 447 g/mol. The van der Waals surface area contributed by atoms with E-state index in [1.54, 1.807) is 13.8 Å².